The molecule has 2 heterocycles. The Balaban J connectivity index is 2.38. The molecule has 0 aliphatic carbocycles. The molecule has 0 aromatic carbocycles. The monoisotopic (exact) mass is 410 g/mol. The predicted octanol–water partition coefficient (Wildman–Crippen LogP) is 5.05. The van der Waals surface area contributed by atoms with Crippen molar-refractivity contribution in [2.75, 3.05) is 0 Å². The first-order valence-electron chi connectivity index (χ1n) is 9.94. The summed E-state index contributed by atoms with van der Waals surface area (Å²) in [6, 6.07) is -0.635. The van der Waals surface area contributed by atoms with E-state index in [1.165, 1.54) is 12.7 Å². The second-order valence-electron chi connectivity index (χ2n) is 9.40. The van der Waals surface area contributed by atoms with E-state index < -0.39 is 32.2 Å². The van der Waals surface area contributed by atoms with Crippen molar-refractivity contribution in [2.24, 2.45) is 0 Å². The van der Waals surface area contributed by atoms with Crippen LogP contribution in [-0.2, 0) is 14.0 Å². The molecule has 2 amide bonds. The third-order valence-electron chi connectivity index (χ3n) is 5.43. The molecule has 0 bridgehead atoms. The highest BCUT2D eigenvalue weighted by Gasteiger charge is 2.59. The fourth-order valence-corrected chi connectivity index (χ4v) is 9.86. The maximum Gasteiger partial charge on any atom is 0.417 e. The molecule has 0 saturated carbocycles. The highest BCUT2D eigenvalue weighted by molar-refractivity contribution is 6.77. The molecule has 2 unspecified atom stereocenters. The quantitative estimate of drug-likeness (QED) is 0.482. The van der Waals surface area contributed by atoms with Crippen LogP contribution < -0.4 is 0 Å². The molecule has 1 aliphatic heterocycles. The average molecular weight is 411 g/mol. The van der Waals surface area contributed by atoms with E-state index in [4.69, 9.17) is 13.6 Å². The summed E-state index contributed by atoms with van der Waals surface area (Å²) in [5.74, 6) is -0.374. The number of carbonyl (C=O) groups is 2. The third kappa shape index (κ3) is 4.03. The van der Waals surface area contributed by atoms with Crippen molar-refractivity contribution in [3.05, 3.63) is 18.4 Å². The number of amides is 2. The standard InChI is InChI=1S/C20H34N2O5Si/c1-12(2)28(13(3)4,14(5)6)27-17-16(15-10-25-11-21-15)22(18(17)23)19(24)26-20(7,8)9/h10-14,16-17H,1-9H3. The van der Waals surface area contributed by atoms with Crippen LogP contribution in [-0.4, -0.2) is 41.9 Å². The van der Waals surface area contributed by atoms with Crippen LogP contribution >= 0.6 is 0 Å². The molecule has 2 rings (SSSR count). The molecule has 0 N–H and O–H groups in total. The van der Waals surface area contributed by atoms with Gasteiger partial charge in [0.1, 0.15) is 23.6 Å². The largest absolute Gasteiger partial charge is 0.451 e. The number of aromatic nitrogens is 1. The summed E-state index contributed by atoms with van der Waals surface area (Å²) in [6.07, 6.45) is 1.31. The predicted molar refractivity (Wildman–Crippen MR) is 108 cm³/mol. The molecule has 1 aliphatic rings. The summed E-state index contributed by atoms with van der Waals surface area (Å²) in [4.78, 5) is 30.9. The number of likely N-dealkylation sites (tertiary alicyclic amines) is 1. The zero-order valence-corrected chi connectivity index (χ0v) is 19.5. The van der Waals surface area contributed by atoms with Crippen LogP contribution in [0.1, 0.15) is 74.0 Å². The molecular formula is C20H34N2O5Si. The molecule has 1 aromatic rings. The van der Waals surface area contributed by atoms with Crippen molar-refractivity contribution in [1.82, 2.24) is 9.88 Å². The number of ether oxygens (including phenoxy) is 1. The Kier molecular flexibility index (Phi) is 6.45. The minimum atomic E-state index is -2.33. The second kappa shape index (κ2) is 7.98. The number of nitrogens with zero attached hydrogens (tertiary/aromatic N) is 2. The van der Waals surface area contributed by atoms with Gasteiger partial charge in [0.25, 0.3) is 5.91 Å². The van der Waals surface area contributed by atoms with Gasteiger partial charge in [-0.25, -0.2) is 14.7 Å². The van der Waals surface area contributed by atoms with Gasteiger partial charge < -0.3 is 13.6 Å². The molecule has 0 radical (unpaired) electrons. The van der Waals surface area contributed by atoms with Gasteiger partial charge in [-0.15, -0.1) is 0 Å². The van der Waals surface area contributed by atoms with Gasteiger partial charge in [0.15, 0.2) is 12.5 Å². The van der Waals surface area contributed by atoms with E-state index in [-0.39, 0.29) is 5.91 Å². The molecule has 2 atom stereocenters. The van der Waals surface area contributed by atoms with Gasteiger partial charge in [0, 0.05) is 0 Å². The lowest BCUT2D eigenvalue weighted by Crippen LogP contribution is -2.66. The SMILES string of the molecule is CC(C)[Si](OC1C(=O)N(C(=O)OC(C)(C)C)C1c1cocn1)(C(C)C)C(C)C. The summed E-state index contributed by atoms with van der Waals surface area (Å²) < 4.78 is 17.2. The molecule has 1 fully saturated rings. The van der Waals surface area contributed by atoms with E-state index in [9.17, 15) is 9.59 Å². The third-order valence-corrected chi connectivity index (χ3v) is 11.5. The smallest absolute Gasteiger partial charge is 0.417 e. The Morgan fingerprint density at radius 2 is 1.68 bits per heavy atom. The van der Waals surface area contributed by atoms with Crippen molar-refractivity contribution < 1.29 is 23.2 Å². The minimum Gasteiger partial charge on any atom is -0.451 e. The van der Waals surface area contributed by atoms with Gasteiger partial charge >= 0.3 is 6.09 Å². The summed E-state index contributed by atoms with van der Waals surface area (Å²) >= 11 is 0. The van der Waals surface area contributed by atoms with Crippen molar-refractivity contribution in [2.45, 2.75) is 96.7 Å². The topological polar surface area (TPSA) is 81.9 Å². The minimum absolute atomic E-state index is 0.314. The van der Waals surface area contributed by atoms with E-state index in [0.717, 1.165) is 4.90 Å². The van der Waals surface area contributed by atoms with Crippen LogP contribution in [0.4, 0.5) is 4.79 Å². The van der Waals surface area contributed by atoms with E-state index in [1.807, 2.05) is 0 Å². The molecule has 158 valence electrons. The Morgan fingerprint density at radius 3 is 2.07 bits per heavy atom. The Labute approximate surface area is 168 Å². The molecule has 1 aromatic heterocycles. The highest BCUT2D eigenvalue weighted by atomic mass is 28.4. The normalized spacial score (nSPS) is 20.9. The van der Waals surface area contributed by atoms with Gasteiger partial charge in [0.05, 0.1) is 0 Å². The van der Waals surface area contributed by atoms with Gasteiger partial charge in [-0.2, -0.15) is 0 Å². The number of hydrogen-bond donors (Lipinski definition) is 0. The fraction of sp³-hybridized carbons (Fsp3) is 0.750. The van der Waals surface area contributed by atoms with Crippen molar-refractivity contribution >= 4 is 20.3 Å². The number of hydrogen-bond acceptors (Lipinski definition) is 6. The van der Waals surface area contributed by atoms with Crippen LogP contribution in [0.25, 0.3) is 0 Å². The Hall–Kier alpha value is -1.67. The summed E-state index contributed by atoms with van der Waals surface area (Å²) in [6.45, 7) is 18.3. The lowest BCUT2D eigenvalue weighted by Gasteiger charge is -2.51. The maximum atomic E-state index is 13.0. The average Bonchev–Trinajstić information content (AvgIpc) is 3.03. The first kappa shape index (κ1) is 22.6. The highest BCUT2D eigenvalue weighted by Crippen LogP contribution is 2.47. The summed E-state index contributed by atoms with van der Waals surface area (Å²) in [5, 5.41) is 0. The number of carbonyl (C=O) groups excluding carboxylic acids is 2. The first-order chi connectivity index (χ1) is 12.8. The van der Waals surface area contributed by atoms with E-state index in [0.29, 0.717) is 22.3 Å². The number of imide groups is 1. The number of oxazole rings is 1. The number of β-lactam (4-membered cyclic amide) rings is 1. The Morgan fingerprint density at radius 1 is 1.14 bits per heavy atom. The molecular weight excluding hydrogens is 376 g/mol. The molecule has 0 spiro atoms. The first-order valence-corrected chi connectivity index (χ1v) is 12.1. The van der Waals surface area contributed by atoms with E-state index in [2.05, 4.69) is 46.5 Å². The summed E-state index contributed by atoms with van der Waals surface area (Å²) in [5.41, 5.74) is 0.732. The van der Waals surface area contributed by atoms with Crippen LogP contribution in [0.2, 0.25) is 16.6 Å². The second-order valence-corrected chi connectivity index (χ2v) is 14.8. The molecule has 7 nitrogen and oxygen atoms in total. The zero-order chi connectivity index (χ0) is 21.4. The molecule has 28 heavy (non-hydrogen) atoms. The van der Waals surface area contributed by atoms with E-state index in [1.54, 1.807) is 20.8 Å². The fourth-order valence-electron chi connectivity index (χ4n) is 4.38. The van der Waals surface area contributed by atoms with Crippen molar-refractivity contribution in [3.63, 3.8) is 0 Å². The van der Waals surface area contributed by atoms with Crippen LogP contribution in [0.3, 0.4) is 0 Å². The molecule has 1 saturated heterocycles. The van der Waals surface area contributed by atoms with Gasteiger partial charge in [-0.1, -0.05) is 41.5 Å². The van der Waals surface area contributed by atoms with Crippen LogP contribution in [0.15, 0.2) is 17.1 Å². The molecule has 8 heteroatoms. The zero-order valence-electron chi connectivity index (χ0n) is 18.5. The van der Waals surface area contributed by atoms with Gasteiger partial charge in [-0.05, 0) is 37.4 Å². The van der Waals surface area contributed by atoms with Gasteiger partial charge in [-0.3, -0.25) is 4.79 Å². The van der Waals surface area contributed by atoms with Crippen LogP contribution in [0.5, 0.6) is 0 Å². The van der Waals surface area contributed by atoms with E-state index >= 15 is 0 Å². The van der Waals surface area contributed by atoms with Crippen molar-refractivity contribution in [3.8, 4) is 0 Å². The lowest BCUT2D eigenvalue weighted by molar-refractivity contribution is -0.163. The van der Waals surface area contributed by atoms with Crippen molar-refractivity contribution in [1.29, 1.82) is 0 Å². The number of rotatable bonds is 6. The van der Waals surface area contributed by atoms with Gasteiger partial charge in [0.2, 0.25) is 8.32 Å². The lowest BCUT2D eigenvalue weighted by atomic mass is 9.96. The van der Waals surface area contributed by atoms with Crippen LogP contribution in [0, 0.1) is 0 Å². The summed E-state index contributed by atoms with van der Waals surface area (Å²) in [7, 11) is -2.33. The Bertz CT molecular complexity index is 672. The maximum absolute atomic E-state index is 13.0.